The van der Waals surface area contributed by atoms with Crippen LogP contribution in [0.3, 0.4) is 0 Å². The maximum Gasteiger partial charge on any atom is 0.106 e. The van der Waals surface area contributed by atoms with Gasteiger partial charge < -0.3 is 9.69 Å². The first kappa shape index (κ1) is 21.0. The summed E-state index contributed by atoms with van der Waals surface area (Å²) in [7, 11) is 0. The molecule has 0 aromatic carbocycles. The summed E-state index contributed by atoms with van der Waals surface area (Å²) in [6.07, 6.45) is 4.15. The Morgan fingerprint density at radius 2 is 1.44 bits per heavy atom. The van der Waals surface area contributed by atoms with E-state index < -0.39 is 0 Å². The molecule has 0 saturated carbocycles. The van der Waals surface area contributed by atoms with Crippen molar-refractivity contribution < 1.29 is 4.79 Å². The minimum Gasteiger partial charge on any atom is -0.307 e. The Bertz CT molecular complexity index is 98.9. The van der Waals surface area contributed by atoms with E-state index in [-0.39, 0.29) is 0 Å². The smallest absolute Gasteiger partial charge is 0.106 e. The van der Waals surface area contributed by atoms with Gasteiger partial charge in [0, 0.05) is 0 Å². The van der Waals surface area contributed by atoms with Gasteiger partial charge in [0.05, 0.1) is 0 Å². The molecular formula is C14H33NO. The van der Waals surface area contributed by atoms with Crippen molar-refractivity contribution in [1.82, 2.24) is 4.90 Å². The van der Waals surface area contributed by atoms with E-state index in [1.807, 2.05) is 34.5 Å². The third-order valence-corrected chi connectivity index (χ3v) is 2.42. The fraction of sp³-hybridized carbons (Fsp3) is 0.929. The quantitative estimate of drug-likeness (QED) is 0.716. The van der Waals surface area contributed by atoms with E-state index in [0.29, 0.717) is 0 Å². The summed E-state index contributed by atoms with van der Waals surface area (Å²) in [6, 6.07) is 0. The van der Waals surface area contributed by atoms with E-state index in [2.05, 4.69) is 18.7 Å². The van der Waals surface area contributed by atoms with Crippen LogP contribution in [0.4, 0.5) is 0 Å². The van der Waals surface area contributed by atoms with Crippen LogP contribution in [-0.2, 0) is 4.79 Å². The lowest BCUT2D eigenvalue weighted by atomic mass is 9.99. The molecule has 1 rings (SSSR count). The first-order valence-corrected chi connectivity index (χ1v) is 6.84. The zero-order valence-electron chi connectivity index (χ0n) is 12.4. The highest BCUT2D eigenvalue weighted by Gasteiger charge is 2.13. The molecule has 0 spiro atoms. The molecule has 2 nitrogen and oxygen atoms in total. The third kappa shape index (κ3) is 13.6. The molecule has 0 bridgehead atoms. The number of likely N-dealkylation sites (tertiary alicyclic amines) is 1. The highest BCUT2D eigenvalue weighted by Crippen LogP contribution is 2.15. The van der Waals surface area contributed by atoms with Gasteiger partial charge in [-0.25, -0.2) is 0 Å². The average molecular weight is 231 g/mol. The molecule has 0 N–H and O–H groups in total. The molecule has 1 aliphatic heterocycles. The summed E-state index contributed by atoms with van der Waals surface area (Å²) < 4.78 is 0. The van der Waals surface area contributed by atoms with Gasteiger partial charge in [0.15, 0.2) is 0 Å². The van der Waals surface area contributed by atoms with Gasteiger partial charge in [-0.1, -0.05) is 41.5 Å². The van der Waals surface area contributed by atoms with Gasteiger partial charge in [0.25, 0.3) is 0 Å². The first-order valence-electron chi connectivity index (χ1n) is 6.84. The summed E-state index contributed by atoms with van der Waals surface area (Å²) in [5.74, 6) is 0.980. The molecule has 1 heterocycles. The molecule has 0 aliphatic carbocycles. The molecular weight excluding hydrogens is 198 g/mol. The minimum absolute atomic E-state index is 0.980. The highest BCUT2D eigenvalue weighted by molar-refractivity contribution is 5.10. The average Bonchev–Trinajstić information content (AvgIpc) is 2.40. The zero-order valence-corrected chi connectivity index (χ0v) is 12.4. The molecule has 1 aliphatic rings. The van der Waals surface area contributed by atoms with E-state index in [0.717, 1.165) is 5.92 Å². The van der Waals surface area contributed by atoms with Crippen molar-refractivity contribution in [2.24, 2.45) is 5.92 Å². The Morgan fingerprint density at radius 1 is 1.06 bits per heavy atom. The number of carbonyl (C=O) groups is 1. The van der Waals surface area contributed by atoms with Crippen LogP contribution in [0.5, 0.6) is 0 Å². The predicted octanol–water partition coefficient (Wildman–Crippen LogP) is 4.00. The summed E-state index contributed by atoms with van der Waals surface area (Å²) in [5, 5.41) is 0. The van der Waals surface area contributed by atoms with Crippen LogP contribution in [0, 0.1) is 5.92 Å². The van der Waals surface area contributed by atoms with Crippen molar-refractivity contribution in [3.05, 3.63) is 0 Å². The van der Waals surface area contributed by atoms with Crippen molar-refractivity contribution in [1.29, 1.82) is 0 Å². The van der Waals surface area contributed by atoms with Crippen LogP contribution < -0.4 is 0 Å². The molecule has 0 aromatic rings. The maximum atomic E-state index is 8.00. The Kier molecular flexibility index (Phi) is 26.3. The Balaban J connectivity index is -0.000000245. The van der Waals surface area contributed by atoms with E-state index in [1.54, 1.807) is 0 Å². The van der Waals surface area contributed by atoms with Gasteiger partial charge in [0.1, 0.15) is 6.79 Å². The van der Waals surface area contributed by atoms with E-state index in [4.69, 9.17) is 4.79 Å². The van der Waals surface area contributed by atoms with E-state index >= 15 is 0 Å². The molecule has 0 atom stereocenters. The minimum atomic E-state index is 0.980. The summed E-state index contributed by atoms with van der Waals surface area (Å²) >= 11 is 0. The molecule has 0 aromatic heterocycles. The van der Waals surface area contributed by atoms with Crippen LogP contribution in [0.2, 0.25) is 0 Å². The predicted molar refractivity (Wildman–Crippen MR) is 74.9 cm³/mol. The van der Waals surface area contributed by atoms with Gasteiger partial charge in [-0.3, -0.25) is 0 Å². The fourth-order valence-electron chi connectivity index (χ4n) is 1.60. The first-order chi connectivity index (χ1) is 7.83. The SMILES string of the molecule is C=O.CC.CC.CCCN1CCC(C)CC1. The molecule has 1 fully saturated rings. The van der Waals surface area contributed by atoms with E-state index in [1.165, 1.54) is 38.9 Å². The number of nitrogens with zero attached hydrogens (tertiary/aromatic N) is 1. The third-order valence-electron chi connectivity index (χ3n) is 2.42. The summed E-state index contributed by atoms with van der Waals surface area (Å²) in [6.45, 7) is 18.6. The van der Waals surface area contributed by atoms with Crippen LogP contribution in [0.1, 0.15) is 60.8 Å². The van der Waals surface area contributed by atoms with Gasteiger partial charge in [-0.15, -0.1) is 0 Å². The lowest BCUT2D eigenvalue weighted by molar-refractivity contribution is -0.0979. The van der Waals surface area contributed by atoms with Crippen molar-refractivity contribution in [2.75, 3.05) is 19.6 Å². The van der Waals surface area contributed by atoms with Gasteiger partial charge in [0.2, 0.25) is 0 Å². The van der Waals surface area contributed by atoms with Gasteiger partial charge in [-0.05, 0) is 44.8 Å². The van der Waals surface area contributed by atoms with E-state index in [9.17, 15) is 0 Å². The van der Waals surface area contributed by atoms with Crippen LogP contribution in [-0.4, -0.2) is 31.3 Å². The molecule has 16 heavy (non-hydrogen) atoms. The van der Waals surface area contributed by atoms with Crippen molar-refractivity contribution in [3.63, 3.8) is 0 Å². The Labute approximate surface area is 103 Å². The molecule has 2 heteroatoms. The van der Waals surface area contributed by atoms with Gasteiger partial charge >= 0.3 is 0 Å². The van der Waals surface area contributed by atoms with Crippen LogP contribution in [0.25, 0.3) is 0 Å². The van der Waals surface area contributed by atoms with Crippen LogP contribution in [0.15, 0.2) is 0 Å². The van der Waals surface area contributed by atoms with Crippen molar-refractivity contribution in [3.8, 4) is 0 Å². The molecule has 100 valence electrons. The Morgan fingerprint density at radius 3 is 1.75 bits per heavy atom. The number of rotatable bonds is 2. The fourth-order valence-corrected chi connectivity index (χ4v) is 1.60. The molecule has 1 saturated heterocycles. The molecule has 0 amide bonds. The standard InChI is InChI=1S/C9H19N.2C2H6.CH2O/c1-3-6-10-7-4-9(2)5-8-10;3*1-2/h9H,3-8H2,1-2H3;2*1-2H3;1H2. The number of hydrogen-bond acceptors (Lipinski definition) is 2. The summed E-state index contributed by atoms with van der Waals surface area (Å²) in [5.41, 5.74) is 0. The number of piperidine rings is 1. The Hall–Kier alpha value is -0.370. The number of carbonyl (C=O) groups excluding carboxylic acids is 1. The van der Waals surface area contributed by atoms with Crippen molar-refractivity contribution >= 4 is 6.79 Å². The maximum absolute atomic E-state index is 8.00. The lowest BCUT2D eigenvalue weighted by Crippen LogP contribution is -2.33. The monoisotopic (exact) mass is 231 g/mol. The molecule has 0 unspecified atom stereocenters. The highest BCUT2D eigenvalue weighted by atomic mass is 16.1. The van der Waals surface area contributed by atoms with Crippen molar-refractivity contribution in [2.45, 2.75) is 60.8 Å². The lowest BCUT2D eigenvalue weighted by Gasteiger charge is -2.29. The summed E-state index contributed by atoms with van der Waals surface area (Å²) in [4.78, 5) is 10.6. The second-order valence-corrected chi connectivity index (χ2v) is 3.52. The molecule has 0 radical (unpaired) electrons. The normalized spacial score (nSPS) is 15.6. The topological polar surface area (TPSA) is 20.3 Å². The largest absolute Gasteiger partial charge is 0.307 e. The zero-order chi connectivity index (χ0) is 13.4. The second-order valence-electron chi connectivity index (χ2n) is 3.52. The second kappa shape index (κ2) is 20.1. The van der Waals surface area contributed by atoms with Crippen LogP contribution >= 0.6 is 0 Å². The number of hydrogen-bond donors (Lipinski definition) is 0. The van der Waals surface area contributed by atoms with Gasteiger partial charge in [-0.2, -0.15) is 0 Å².